The smallest absolute Gasteiger partial charge is 0.257 e. The standard InChI is InChI=1S/C12H18N2O2S/c1-7(11(13)17)6-14(4)12(15)10-5-8(2)16-9(10)3/h5,7H,6H2,1-4H3,(H2,13,17). The van der Waals surface area contributed by atoms with Crippen LogP contribution in [0, 0.1) is 19.8 Å². The van der Waals surface area contributed by atoms with Crippen LogP contribution in [0.15, 0.2) is 10.5 Å². The molecule has 1 atom stereocenters. The Hall–Kier alpha value is -1.36. The molecular weight excluding hydrogens is 236 g/mol. The van der Waals surface area contributed by atoms with Crippen molar-refractivity contribution in [2.24, 2.45) is 11.7 Å². The average molecular weight is 254 g/mol. The largest absolute Gasteiger partial charge is 0.466 e. The van der Waals surface area contributed by atoms with Crippen molar-refractivity contribution < 1.29 is 9.21 Å². The summed E-state index contributed by atoms with van der Waals surface area (Å²) < 4.78 is 5.34. The molecule has 1 heterocycles. The number of thiocarbonyl (C=S) groups is 1. The number of nitrogens with zero attached hydrogens (tertiary/aromatic N) is 1. The van der Waals surface area contributed by atoms with Crippen LogP contribution in [0.2, 0.25) is 0 Å². The van der Waals surface area contributed by atoms with Gasteiger partial charge in [0.05, 0.1) is 10.6 Å². The van der Waals surface area contributed by atoms with Crippen LogP contribution < -0.4 is 5.73 Å². The summed E-state index contributed by atoms with van der Waals surface area (Å²) in [4.78, 5) is 14.2. The maximum absolute atomic E-state index is 12.1. The Balaban J connectivity index is 2.77. The first-order valence-corrected chi connectivity index (χ1v) is 5.85. The second-order valence-electron chi connectivity index (χ2n) is 4.32. The van der Waals surface area contributed by atoms with E-state index in [1.54, 1.807) is 24.9 Å². The number of furan rings is 1. The van der Waals surface area contributed by atoms with E-state index in [-0.39, 0.29) is 11.8 Å². The van der Waals surface area contributed by atoms with Crippen LogP contribution in [-0.2, 0) is 0 Å². The van der Waals surface area contributed by atoms with E-state index in [2.05, 4.69) is 0 Å². The van der Waals surface area contributed by atoms with Gasteiger partial charge in [-0.05, 0) is 19.9 Å². The molecule has 5 heteroatoms. The van der Waals surface area contributed by atoms with Crippen LogP contribution in [0.1, 0.15) is 28.8 Å². The van der Waals surface area contributed by atoms with Gasteiger partial charge in [0.25, 0.3) is 5.91 Å². The van der Waals surface area contributed by atoms with Crippen LogP contribution in [0.25, 0.3) is 0 Å². The van der Waals surface area contributed by atoms with Gasteiger partial charge in [0.1, 0.15) is 11.5 Å². The molecule has 0 aliphatic heterocycles. The van der Waals surface area contributed by atoms with Crippen LogP contribution in [0.4, 0.5) is 0 Å². The lowest BCUT2D eigenvalue weighted by Gasteiger charge is -2.20. The molecule has 0 saturated carbocycles. The lowest BCUT2D eigenvalue weighted by molar-refractivity contribution is 0.0785. The number of amides is 1. The van der Waals surface area contributed by atoms with Crippen LogP contribution in [0.3, 0.4) is 0 Å². The zero-order valence-corrected chi connectivity index (χ0v) is 11.4. The summed E-state index contributed by atoms with van der Waals surface area (Å²) in [6.45, 7) is 6.02. The van der Waals surface area contributed by atoms with Crippen LogP contribution in [-0.4, -0.2) is 29.4 Å². The highest BCUT2D eigenvalue weighted by Crippen LogP contribution is 2.16. The van der Waals surface area contributed by atoms with E-state index in [0.29, 0.717) is 22.9 Å². The molecule has 0 aromatic carbocycles. The molecule has 0 spiro atoms. The van der Waals surface area contributed by atoms with Crippen LogP contribution in [0.5, 0.6) is 0 Å². The summed E-state index contributed by atoms with van der Waals surface area (Å²) in [5.74, 6) is 1.32. The SMILES string of the molecule is Cc1cc(C(=O)N(C)CC(C)C(N)=S)c(C)o1. The molecule has 0 radical (unpaired) electrons. The van der Waals surface area contributed by atoms with Crippen molar-refractivity contribution in [2.45, 2.75) is 20.8 Å². The molecule has 4 nitrogen and oxygen atoms in total. The van der Waals surface area contributed by atoms with Gasteiger partial charge in [0, 0.05) is 19.5 Å². The fraction of sp³-hybridized carbons (Fsp3) is 0.500. The van der Waals surface area contributed by atoms with Gasteiger partial charge in [-0.2, -0.15) is 0 Å². The predicted molar refractivity (Wildman–Crippen MR) is 71.1 cm³/mol. The van der Waals surface area contributed by atoms with Gasteiger partial charge in [-0.15, -0.1) is 0 Å². The third-order valence-corrected chi connectivity index (χ3v) is 3.05. The van der Waals surface area contributed by atoms with Crippen LogP contribution >= 0.6 is 12.2 Å². The molecule has 1 aromatic rings. The summed E-state index contributed by atoms with van der Waals surface area (Å²) >= 11 is 4.89. The van der Waals surface area contributed by atoms with Gasteiger partial charge in [-0.25, -0.2) is 0 Å². The van der Waals surface area contributed by atoms with E-state index >= 15 is 0 Å². The van der Waals surface area contributed by atoms with Gasteiger partial charge in [-0.3, -0.25) is 4.79 Å². The van der Waals surface area contributed by atoms with E-state index in [9.17, 15) is 4.79 Å². The molecule has 17 heavy (non-hydrogen) atoms. The minimum atomic E-state index is -0.0672. The van der Waals surface area contributed by atoms with Crippen molar-refractivity contribution in [1.82, 2.24) is 4.90 Å². The first-order valence-electron chi connectivity index (χ1n) is 5.44. The topological polar surface area (TPSA) is 59.5 Å². The fourth-order valence-electron chi connectivity index (χ4n) is 1.63. The van der Waals surface area contributed by atoms with Crippen molar-refractivity contribution in [1.29, 1.82) is 0 Å². The zero-order valence-electron chi connectivity index (χ0n) is 10.6. The van der Waals surface area contributed by atoms with Crippen molar-refractivity contribution in [2.75, 3.05) is 13.6 Å². The van der Waals surface area contributed by atoms with E-state index < -0.39 is 0 Å². The lowest BCUT2D eigenvalue weighted by atomic mass is 10.1. The average Bonchev–Trinajstić information content (AvgIpc) is 2.56. The fourth-order valence-corrected chi connectivity index (χ4v) is 1.71. The molecule has 0 aliphatic rings. The third-order valence-electron chi connectivity index (χ3n) is 2.65. The molecular formula is C12H18N2O2S. The minimum absolute atomic E-state index is 0.00672. The molecule has 1 rings (SSSR count). The molecule has 1 amide bonds. The Morgan fingerprint density at radius 2 is 2.18 bits per heavy atom. The molecule has 1 aromatic heterocycles. The highest BCUT2D eigenvalue weighted by atomic mass is 32.1. The lowest BCUT2D eigenvalue weighted by Crippen LogP contribution is -2.35. The number of carbonyl (C=O) groups excluding carboxylic acids is 1. The molecule has 0 aliphatic carbocycles. The van der Waals surface area contributed by atoms with E-state index in [0.717, 1.165) is 5.76 Å². The van der Waals surface area contributed by atoms with Gasteiger partial charge in [0.15, 0.2) is 0 Å². The van der Waals surface area contributed by atoms with Crippen molar-refractivity contribution in [3.63, 3.8) is 0 Å². The monoisotopic (exact) mass is 254 g/mol. The van der Waals surface area contributed by atoms with Crippen molar-refractivity contribution in [3.05, 3.63) is 23.2 Å². The first-order chi connectivity index (χ1) is 7.82. The normalized spacial score (nSPS) is 12.2. The quantitative estimate of drug-likeness (QED) is 0.834. The maximum atomic E-state index is 12.1. The molecule has 2 N–H and O–H groups in total. The Morgan fingerprint density at radius 3 is 2.59 bits per heavy atom. The van der Waals surface area contributed by atoms with Gasteiger partial charge in [-0.1, -0.05) is 19.1 Å². The molecule has 94 valence electrons. The summed E-state index contributed by atoms with van der Waals surface area (Å²) in [6, 6.07) is 1.75. The first kappa shape index (κ1) is 13.7. The number of aryl methyl sites for hydroxylation is 2. The van der Waals surface area contributed by atoms with E-state index in [1.165, 1.54) is 0 Å². The van der Waals surface area contributed by atoms with Crippen molar-refractivity contribution >= 4 is 23.1 Å². The highest BCUT2D eigenvalue weighted by molar-refractivity contribution is 7.80. The second kappa shape index (κ2) is 5.31. The number of nitrogens with two attached hydrogens (primary N) is 1. The maximum Gasteiger partial charge on any atom is 0.257 e. The Labute approximate surface area is 107 Å². The van der Waals surface area contributed by atoms with E-state index in [4.69, 9.17) is 22.4 Å². The van der Waals surface area contributed by atoms with Crippen molar-refractivity contribution in [3.8, 4) is 0 Å². The number of hydrogen-bond acceptors (Lipinski definition) is 3. The van der Waals surface area contributed by atoms with Gasteiger partial charge in [0.2, 0.25) is 0 Å². The molecule has 0 bridgehead atoms. The number of carbonyl (C=O) groups is 1. The summed E-state index contributed by atoms with van der Waals surface area (Å²) in [5, 5.41) is 0. The molecule has 1 unspecified atom stereocenters. The van der Waals surface area contributed by atoms with Gasteiger partial charge >= 0.3 is 0 Å². The molecule has 0 fully saturated rings. The number of rotatable bonds is 4. The Kier molecular flexibility index (Phi) is 4.28. The zero-order chi connectivity index (χ0) is 13.2. The summed E-state index contributed by atoms with van der Waals surface area (Å²) in [6.07, 6.45) is 0. The summed E-state index contributed by atoms with van der Waals surface area (Å²) in [7, 11) is 1.74. The molecule has 0 saturated heterocycles. The number of hydrogen-bond donors (Lipinski definition) is 1. The Bertz CT molecular complexity index is 440. The van der Waals surface area contributed by atoms with Gasteiger partial charge < -0.3 is 15.1 Å². The predicted octanol–water partition coefficient (Wildman–Crippen LogP) is 1.89. The van der Waals surface area contributed by atoms with E-state index in [1.807, 2.05) is 13.8 Å². The second-order valence-corrected chi connectivity index (χ2v) is 4.79. The minimum Gasteiger partial charge on any atom is -0.466 e. The highest BCUT2D eigenvalue weighted by Gasteiger charge is 2.19. The Morgan fingerprint density at radius 1 is 1.59 bits per heavy atom. The third kappa shape index (κ3) is 3.30. The summed E-state index contributed by atoms with van der Waals surface area (Å²) in [5.41, 5.74) is 6.13.